The molecule has 0 saturated carbocycles. The Bertz CT molecular complexity index is 735. The molecule has 0 saturated heterocycles. The maximum atomic E-state index is 10.6. The summed E-state index contributed by atoms with van der Waals surface area (Å²) in [5, 5.41) is 10.6. The lowest BCUT2D eigenvalue weighted by atomic mass is 10.1. The monoisotopic (exact) mass is 255 g/mol. The number of nitro groups is 1. The van der Waals surface area contributed by atoms with Gasteiger partial charge in [-0.1, -0.05) is 12.1 Å². The van der Waals surface area contributed by atoms with Crippen LogP contribution in [0.4, 0.5) is 5.69 Å². The van der Waals surface area contributed by atoms with E-state index in [0.717, 1.165) is 11.1 Å². The van der Waals surface area contributed by atoms with Crippen LogP contribution in [0.3, 0.4) is 0 Å². The Balaban J connectivity index is 1.85. The van der Waals surface area contributed by atoms with Gasteiger partial charge in [-0.25, -0.2) is 15.0 Å². The third-order valence-corrected chi connectivity index (χ3v) is 2.73. The van der Waals surface area contributed by atoms with Gasteiger partial charge in [-0.15, -0.1) is 0 Å². The number of fused-ring (bicyclic) bond motifs is 1. The maximum Gasteiger partial charge on any atom is 0.269 e. The Kier molecular flexibility index (Phi) is 2.64. The van der Waals surface area contributed by atoms with Crippen LogP contribution in [0.2, 0.25) is 0 Å². The molecular formula is C12H9N5O2. The van der Waals surface area contributed by atoms with Crippen LogP contribution < -0.4 is 0 Å². The highest BCUT2D eigenvalue weighted by molar-refractivity contribution is 5.68. The standard InChI is InChI=1S/C12H9N5O2/c18-17(19)9-3-1-8(2-4-9)5-11-13-6-10-12(16-11)15-7-14-10/h1-4,6-7H,5H2,(H,13,14,15,16). The van der Waals surface area contributed by atoms with E-state index >= 15 is 0 Å². The number of benzene rings is 1. The van der Waals surface area contributed by atoms with E-state index in [1.165, 1.54) is 12.1 Å². The second-order valence-corrected chi connectivity index (χ2v) is 4.03. The number of hydrogen-bond donors (Lipinski definition) is 1. The average Bonchev–Trinajstić information content (AvgIpc) is 2.87. The molecule has 1 N–H and O–H groups in total. The van der Waals surface area contributed by atoms with Crippen molar-refractivity contribution in [3.05, 3.63) is 58.3 Å². The summed E-state index contributed by atoms with van der Waals surface area (Å²) in [5.74, 6) is 0.633. The summed E-state index contributed by atoms with van der Waals surface area (Å²) in [6.07, 6.45) is 3.76. The number of nitrogens with one attached hydrogen (secondary N) is 1. The molecule has 0 aliphatic heterocycles. The first-order valence-electron chi connectivity index (χ1n) is 5.61. The van der Waals surface area contributed by atoms with Crippen molar-refractivity contribution in [1.82, 2.24) is 19.9 Å². The minimum Gasteiger partial charge on any atom is -0.342 e. The molecule has 1 aromatic carbocycles. The van der Waals surface area contributed by atoms with Gasteiger partial charge in [0.25, 0.3) is 5.69 Å². The summed E-state index contributed by atoms with van der Waals surface area (Å²) in [4.78, 5) is 25.6. The molecular weight excluding hydrogens is 246 g/mol. The Morgan fingerprint density at radius 1 is 1.21 bits per heavy atom. The zero-order chi connectivity index (χ0) is 13.2. The lowest BCUT2D eigenvalue weighted by Crippen LogP contribution is -1.97. The van der Waals surface area contributed by atoms with Crippen molar-refractivity contribution < 1.29 is 4.92 Å². The van der Waals surface area contributed by atoms with Crippen molar-refractivity contribution >= 4 is 16.9 Å². The molecule has 0 radical (unpaired) electrons. The zero-order valence-electron chi connectivity index (χ0n) is 9.78. The second kappa shape index (κ2) is 4.45. The van der Waals surface area contributed by atoms with E-state index in [9.17, 15) is 10.1 Å². The summed E-state index contributed by atoms with van der Waals surface area (Å²) in [7, 11) is 0. The van der Waals surface area contributed by atoms with Crippen LogP contribution in [0, 0.1) is 10.1 Å². The number of aromatic nitrogens is 4. The Hall–Kier alpha value is -2.83. The predicted octanol–water partition coefficient (Wildman–Crippen LogP) is 1.85. The molecule has 2 aromatic heterocycles. The Labute approximate surface area is 107 Å². The molecule has 0 aliphatic rings. The first-order valence-corrected chi connectivity index (χ1v) is 5.61. The number of H-pyrrole nitrogens is 1. The fraction of sp³-hybridized carbons (Fsp3) is 0.0833. The van der Waals surface area contributed by atoms with Gasteiger partial charge in [0.1, 0.15) is 11.3 Å². The van der Waals surface area contributed by atoms with Crippen molar-refractivity contribution in [3.8, 4) is 0 Å². The van der Waals surface area contributed by atoms with Crippen LogP contribution in [0.15, 0.2) is 36.8 Å². The van der Waals surface area contributed by atoms with Gasteiger partial charge in [-0.3, -0.25) is 10.1 Å². The van der Waals surface area contributed by atoms with Crippen molar-refractivity contribution in [2.45, 2.75) is 6.42 Å². The molecule has 0 fully saturated rings. The van der Waals surface area contributed by atoms with Crippen LogP contribution in [-0.4, -0.2) is 24.9 Å². The summed E-state index contributed by atoms with van der Waals surface area (Å²) < 4.78 is 0. The Morgan fingerprint density at radius 2 is 2.00 bits per heavy atom. The molecule has 0 atom stereocenters. The van der Waals surface area contributed by atoms with Crippen LogP contribution >= 0.6 is 0 Å². The SMILES string of the molecule is O=[N+]([O-])c1ccc(Cc2ncc3[nH]cnc3n2)cc1. The van der Waals surface area contributed by atoms with E-state index in [-0.39, 0.29) is 5.69 Å². The number of nitrogens with zero attached hydrogens (tertiary/aromatic N) is 4. The summed E-state index contributed by atoms with van der Waals surface area (Å²) >= 11 is 0. The highest BCUT2D eigenvalue weighted by Gasteiger charge is 2.06. The van der Waals surface area contributed by atoms with Gasteiger partial charge in [-0.05, 0) is 5.56 Å². The minimum atomic E-state index is -0.421. The molecule has 7 heteroatoms. The van der Waals surface area contributed by atoms with Crippen LogP contribution in [0.25, 0.3) is 11.2 Å². The van der Waals surface area contributed by atoms with E-state index in [1.54, 1.807) is 24.7 Å². The maximum absolute atomic E-state index is 10.6. The molecule has 94 valence electrons. The third-order valence-electron chi connectivity index (χ3n) is 2.73. The van der Waals surface area contributed by atoms with Gasteiger partial charge in [0.05, 0.1) is 17.4 Å². The number of nitro benzene ring substituents is 1. The van der Waals surface area contributed by atoms with Gasteiger partial charge >= 0.3 is 0 Å². The number of aromatic amines is 1. The summed E-state index contributed by atoms with van der Waals surface area (Å²) in [6.45, 7) is 0. The number of imidazole rings is 1. The highest BCUT2D eigenvalue weighted by atomic mass is 16.6. The number of non-ortho nitro benzene ring substituents is 1. The van der Waals surface area contributed by atoms with Gasteiger partial charge in [0.2, 0.25) is 0 Å². The predicted molar refractivity (Wildman–Crippen MR) is 67.6 cm³/mol. The molecule has 0 amide bonds. The van der Waals surface area contributed by atoms with E-state index < -0.39 is 4.92 Å². The van der Waals surface area contributed by atoms with Crippen LogP contribution in [-0.2, 0) is 6.42 Å². The first-order chi connectivity index (χ1) is 9.22. The molecule has 3 rings (SSSR count). The van der Waals surface area contributed by atoms with Crippen molar-refractivity contribution in [2.24, 2.45) is 0 Å². The molecule has 2 heterocycles. The van der Waals surface area contributed by atoms with Gasteiger partial charge in [-0.2, -0.15) is 0 Å². The van der Waals surface area contributed by atoms with E-state index in [1.807, 2.05) is 0 Å². The fourth-order valence-corrected chi connectivity index (χ4v) is 1.77. The topological polar surface area (TPSA) is 97.6 Å². The molecule has 0 spiro atoms. The Morgan fingerprint density at radius 3 is 2.74 bits per heavy atom. The van der Waals surface area contributed by atoms with Crippen LogP contribution in [0.1, 0.15) is 11.4 Å². The molecule has 19 heavy (non-hydrogen) atoms. The number of hydrogen-bond acceptors (Lipinski definition) is 5. The summed E-state index contributed by atoms with van der Waals surface area (Å²) in [5.41, 5.74) is 2.40. The van der Waals surface area contributed by atoms with E-state index in [4.69, 9.17) is 0 Å². The second-order valence-electron chi connectivity index (χ2n) is 4.03. The van der Waals surface area contributed by atoms with Gasteiger partial charge in [0.15, 0.2) is 5.65 Å². The normalized spacial score (nSPS) is 10.7. The van der Waals surface area contributed by atoms with Gasteiger partial charge < -0.3 is 4.98 Å². The van der Waals surface area contributed by atoms with E-state index in [2.05, 4.69) is 19.9 Å². The number of rotatable bonds is 3. The smallest absolute Gasteiger partial charge is 0.269 e. The van der Waals surface area contributed by atoms with E-state index in [0.29, 0.717) is 17.9 Å². The summed E-state index contributed by atoms with van der Waals surface area (Å²) in [6, 6.07) is 6.36. The quantitative estimate of drug-likeness (QED) is 0.569. The van der Waals surface area contributed by atoms with Gasteiger partial charge in [0, 0.05) is 18.6 Å². The lowest BCUT2D eigenvalue weighted by molar-refractivity contribution is -0.384. The third kappa shape index (κ3) is 2.25. The molecule has 0 unspecified atom stereocenters. The van der Waals surface area contributed by atoms with Crippen LogP contribution in [0.5, 0.6) is 0 Å². The van der Waals surface area contributed by atoms with Crippen molar-refractivity contribution in [1.29, 1.82) is 0 Å². The zero-order valence-corrected chi connectivity index (χ0v) is 9.78. The average molecular weight is 255 g/mol. The minimum absolute atomic E-state index is 0.0763. The molecule has 7 nitrogen and oxygen atoms in total. The fourth-order valence-electron chi connectivity index (χ4n) is 1.77. The first kappa shape index (κ1) is 11.3. The van der Waals surface area contributed by atoms with Crippen molar-refractivity contribution in [3.63, 3.8) is 0 Å². The molecule has 0 bridgehead atoms. The molecule has 3 aromatic rings. The highest BCUT2D eigenvalue weighted by Crippen LogP contribution is 2.14. The lowest BCUT2D eigenvalue weighted by Gasteiger charge is -2.00. The molecule has 0 aliphatic carbocycles. The largest absolute Gasteiger partial charge is 0.342 e. The van der Waals surface area contributed by atoms with Crippen molar-refractivity contribution in [2.75, 3.05) is 0 Å².